The first-order valence-electron chi connectivity index (χ1n) is 8.10. The minimum atomic E-state index is -0.270. The van der Waals surface area contributed by atoms with Gasteiger partial charge in [0.15, 0.2) is 5.65 Å². The summed E-state index contributed by atoms with van der Waals surface area (Å²) in [5.74, 6) is -0.270. The van der Waals surface area contributed by atoms with Crippen LogP contribution in [0.5, 0.6) is 0 Å². The Labute approximate surface area is 153 Å². The number of nitrogens with one attached hydrogen (secondary N) is 1. The van der Waals surface area contributed by atoms with Gasteiger partial charge in [-0.1, -0.05) is 0 Å². The third kappa shape index (κ3) is 2.97. The fourth-order valence-electron chi connectivity index (χ4n) is 2.62. The van der Waals surface area contributed by atoms with Crippen LogP contribution in [0.25, 0.3) is 21.6 Å². The van der Waals surface area contributed by atoms with E-state index in [0.717, 1.165) is 21.6 Å². The zero-order valence-electron chi connectivity index (χ0n) is 14.5. The van der Waals surface area contributed by atoms with Crippen LogP contribution >= 0.6 is 11.3 Å². The molecule has 0 aliphatic carbocycles. The maximum atomic E-state index is 12.5. The van der Waals surface area contributed by atoms with Gasteiger partial charge in [0, 0.05) is 35.6 Å². The summed E-state index contributed by atoms with van der Waals surface area (Å²) in [5, 5.41) is 14.7. The summed E-state index contributed by atoms with van der Waals surface area (Å²) >= 11 is 1.41. The van der Waals surface area contributed by atoms with Gasteiger partial charge in [0.2, 0.25) is 0 Å². The molecule has 26 heavy (non-hydrogen) atoms. The zero-order valence-corrected chi connectivity index (χ0v) is 15.4. The maximum absolute atomic E-state index is 12.5. The van der Waals surface area contributed by atoms with Gasteiger partial charge in [0.25, 0.3) is 5.91 Å². The molecule has 4 aromatic heterocycles. The highest BCUT2D eigenvalue weighted by Gasteiger charge is 2.14. The molecule has 0 saturated heterocycles. The van der Waals surface area contributed by atoms with Crippen molar-refractivity contribution in [1.82, 2.24) is 29.5 Å². The Kier molecular flexibility index (Phi) is 4.00. The Morgan fingerprint density at radius 2 is 2.08 bits per heavy atom. The van der Waals surface area contributed by atoms with E-state index in [9.17, 15) is 4.79 Å². The van der Waals surface area contributed by atoms with E-state index < -0.39 is 0 Å². The molecule has 4 rings (SSSR count). The fourth-order valence-corrected chi connectivity index (χ4v) is 3.40. The number of amides is 1. The number of carbonyl (C=O) groups excluding carboxylic acids is 1. The van der Waals surface area contributed by atoms with Gasteiger partial charge < -0.3 is 5.32 Å². The molecule has 132 valence electrons. The van der Waals surface area contributed by atoms with E-state index in [-0.39, 0.29) is 11.9 Å². The lowest BCUT2D eigenvalue weighted by atomic mass is 10.3. The molecule has 0 bridgehead atoms. The number of nitrogens with zero attached hydrogens (tertiary/aromatic N) is 6. The summed E-state index contributed by atoms with van der Waals surface area (Å²) in [7, 11) is 1.84. The molecular weight excluding hydrogens is 350 g/mol. The molecule has 0 saturated carbocycles. The number of anilines is 1. The first-order valence-corrected chi connectivity index (χ1v) is 8.98. The Morgan fingerprint density at radius 1 is 1.23 bits per heavy atom. The van der Waals surface area contributed by atoms with Crippen molar-refractivity contribution in [3.63, 3.8) is 0 Å². The average Bonchev–Trinajstić information content (AvgIpc) is 3.32. The average molecular weight is 367 g/mol. The molecule has 0 unspecified atom stereocenters. The molecule has 9 heteroatoms. The van der Waals surface area contributed by atoms with Gasteiger partial charge in [-0.15, -0.1) is 11.3 Å². The highest BCUT2D eigenvalue weighted by Crippen LogP contribution is 2.24. The van der Waals surface area contributed by atoms with Gasteiger partial charge in [-0.25, -0.2) is 14.6 Å². The number of carbonyl (C=O) groups is 1. The third-order valence-corrected chi connectivity index (χ3v) is 4.76. The van der Waals surface area contributed by atoms with Crippen LogP contribution in [0.15, 0.2) is 36.2 Å². The number of pyridine rings is 1. The summed E-state index contributed by atoms with van der Waals surface area (Å²) in [6, 6.07) is 2.09. The molecular formula is C17H17N7OS. The van der Waals surface area contributed by atoms with Crippen LogP contribution in [-0.4, -0.2) is 35.4 Å². The standard InChI is InChI=1S/C17H17N7OS/c1-10(2)24-15-11(5-20-24)4-13(7-18-15)21-16(25)14-9-26-17(22-14)12-6-19-23(3)8-12/h4-10H,1-3H3,(H,21,25). The quantitative estimate of drug-likeness (QED) is 0.598. The molecule has 4 aromatic rings. The molecule has 0 spiro atoms. The zero-order chi connectivity index (χ0) is 18.3. The summed E-state index contributed by atoms with van der Waals surface area (Å²) in [6.07, 6.45) is 6.98. The number of hydrogen-bond donors (Lipinski definition) is 1. The monoisotopic (exact) mass is 367 g/mol. The lowest BCUT2D eigenvalue weighted by Gasteiger charge is -2.07. The molecule has 0 aliphatic heterocycles. The van der Waals surface area contributed by atoms with Crippen LogP contribution in [-0.2, 0) is 7.05 Å². The van der Waals surface area contributed by atoms with E-state index in [1.807, 2.05) is 37.8 Å². The van der Waals surface area contributed by atoms with Crippen molar-refractivity contribution < 1.29 is 4.79 Å². The Bertz CT molecular complexity index is 1090. The van der Waals surface area contributed by atoms with E-state index in [4.69, 9.17) is 0 Å². The lowest BCUT2D eigenvalue weighted by molar-refractivity contribution is 0.102. The minimum absolute atomic E-state index is 0.223. The molecule has 0 radical (unpaired) electrons. The topological polar surface area (TPSA) is 90.5 Å². The number of aryl methyl sites for hydroxylation is 1. The van der Waals surface area contributed by atoms with Crippen molar-refractivity contribution in [2.75, 3.05) is 5.32 Å². The normalized spacial score (nSPS) is 11.4. The van der Waals surface area contributed by atoms with Crippen molar-refractivity contribution >= 4 is 34.0 Å². The molecule has 0 fully saturated rings. The largest absolute Gasteiger partial charge is 0.319 e. The van der Waals surface area contributed by atoms with Gasteiger partial charge in [-0.3, -0.25) is 9.48 Å². The predicted octanol–water partition coefficient (Wildman–Crippen LogP) is 3.12. The second-order valence-corrected chi connectivity index (χ2v) is 7.07. The minimum Gasteiger partial charge on any atom is -0.319 e. The third-order valence-electron chi connectivity index (χ3n) is 3.87. The summed E-state index contributed by atoms with van der Waals surface area (Å²) < 4.78 is 3.55. The number of aromatic nitrogens is 6. The molecule has 0 aromatic carbocycles. The molecule has 0 aliphatic rings. The molecule has 8 nitrogen and oxygen atoms in total. The fraction of sp³-hybridized carbons (Fsp3) is 0.235. The maximum Gasteiger partial charge on any atom is 0.275 e. The Balaban J connectivity index is 1.55. The Hall–Kier alpha value is -3.07. The molecule has 1 N–H and O–H groups in total. The second-order valence-electron chi connectivity index (χ2n) is 6.21. The number of hydrogen-bond acceptors (Lipinski definition) is 6. The Morgan fingerprint density at radius 3 is 2.81 bits per heavy atom. The van der Waals surface area contributed by atoms with Crippen molar-refractivity contribution in [2.24, 2.45) is 7.05 Å². The van der Waals surface area contributed by atoms with E-state index in [2.05, 4.69) is 25.5 Å². The van der Waals surface area contributed by atoms with Crippen LogP contribution in [0.2, 0.25) is 0 Å². The number of thiazole rings is 1. The highest BCUT2D eigenvalue weighted by atomic mass is 32.1. The summed E-state index contributed by atoms with van der Waals surface area (Å²) in [5.41, 5.74) is 2.67. The van der Waals surface area contributed by atoms with Crippen molar-refractivity contribution in [1.29, 1.82) is 0 Å². The van der Waals surface area contributed by atoms with Crippen molar-refractivity contribution in [3.8, 4) is 10.6 Å². The van der Waals surface area contributed by atoms with Crippen LogP contribution < -0.4 is 5.32 Å². The van der Waals surface area contributed by atoms with Crippen LogP contribution in [0.3, 0.4) is 0 Å². The second kappa shape index (κ2) is 6.34. The first-order chi connectivity index (χ1) is 12.5. The van der Waals surface area contributed by atoms with Gasteiger partial charge >= 0.3 is 0 Å². The van der Waals surface area contributed by atoms with Crippen LogP contribution in [0, 0.1) is 0 Å². The van der Waals surface area contributed by atoms with E-state index in [1.54, 1.807) is 28.7 Å². The van der Waals surface area contributed by atoms with Gasteiger partial charge in [0.05, 0.1) is 24.3 Å². The number of fused-ring (bicyclic) bond motifs is 1. The van der Waals surface area contributed by atoms with Crippen LogP contribution in [0.1, 0.15) is 30.4 Å². The molecule has 4 heterocycles. The van der Waals surface area contributed by atoms with E-state index in [0.29, 0.717) is 11.4 Å². The summed E-state index contributed by atoms with van der Waals surface area (Å²) in [6.45, 7) is 4.10. The lowest BCUT2D eigenvalue weighted by Crippen LogP contribution is -2.12. The highest BCUT2D eigenvalue weighted by molar-refractivity contribution is 7.13. The smallest absolute Gasteiger partial charge is 0.275 e. The first kappa shape index (κ1) is 16.4. The predicted molar refractivity (Wildman–Crippen MR) is 100 cm³/mol. The van der Waals surface area contributed by atoms with Crippen molar-refractivity contribution in [3.05, 3.63) is 41.9 Å². The van der Waals surface area contributed by atoms with E-state index in [1.165, 1.54) is 11.3 Å². The molecule has 1 amide bonds. The van der Waals surface area contributed by atoms with Gasteiger partial charge in [-0.05, 0) is 19.9 Å². The summed E-state index contributed by atoms with van der Waals surface area (Å²) in [4.78, 5) is 21.3. The van der Waals surface area contributed by atoms with Crippen molar-refractivity contribution in [2.45, 2.75) is 19.9 Å². The van der Waals surface area contributed by atoms with E-state index >= 15 is 0 Å². The SMILES string of the molecule is CC(C)n1ncc2cc(NC(=O)c3csc(-c4cnn(C)c4)n3)cnc21. The molecule has 0 atom stereocenters. The van der Waals surface area contributed by atoms with Gasteiger partial charge in [0.1, 0.15) is 10.7 Å². The van der Waals surface area contributed by atoms with Crippen LogP contribution in [0.4, 0.5) is 5.69 Å². The number of rotatable bonds is 4. The van der Waals surface area contributed by atoms with Gasteiger partial charge in [-0.2, -0.15) is 10.2 Å².